The first kappa shape index (κ1) is 12.5. The molecule has 0 unspecified atom stereocenters. The molecule has 1 aromatic rings. The van der Waals surface area contributed by atoms with Crippen molar-refractivity contribution in [3.8, 4) is 0 Å². The average Bonchev–Trinajstić information content (AvgIpc) is 2.16. The molecule has 0 atom stereocenters. The van der Waals surface area contributed by atoms with Gasteiger partial charge in [0.15, 0.2) is 0 Å². The lowest BCUT2D eigenvalue weighted by molar-refractivity contribution is -0.0436. The van der Waals surface area contributed by atoms with Crippen molar-refractivity contribution in [1.82, 2.24) is 0 Å². The largest absolute Gasteiger partial charge is 0.501 e. The maximum absolute atomic E-state index is 12.1. The van der Waals surface area contributed by atoms with Gasteiger partial charge in [-0.3, -0.25) is 5.41 Å². The van der Waals surface area contributed by atoms with Crippen molar-refractivity contribution in [3.63, 3.8) is 0 Å². The standard InChI is InChI=1S/C8H7F3N2O2S/c9-8(10,11)16(14,15)6-3-1-5(2-4-6)7(12)13/h1-4H,(H3,12,13). The fraction of sp³-hybridized carbons (Fsp3) is 0.125. The quantitative estimate of drug-likeness (QED) is 0.614. The van der Waals surface area contributed by atoms with Gasteiger partial charge >= 0.3 is 5.51 Å². The number of rotatable bonds is 2. The molecule has 0 radical (unpaired) electrons. The third-order valence-corrected chi connectivity index (χ3v) is 3.28. The van der Waals surface area contributed by atoms with Crippen LogP contribution in [0.4, 0.5) is 13.2 Å². The molecule has 1 rings (SSSR count). The number of sulfone groups is 1. The minimum Gasteiger partial charge on any atom is -0.384 e. The summed E-state index contributed by atoms with van der Waals surface area (Å²) in [6.45, 7) is 0. The smallest absolute Gasteiger partial charge is 0.384 e. The second kappa shape index (κ2) is 3.78. The van der Waals surface area contributed by atoms with Gasteiger partial charge in [-0.2, -0.15) is 13.2 Å². The molecule has 0 amide bonds. The fourth-order valence-corrected chi connectivity index (χ4v) is 1.71. The van der Waals surface area contributed by atoms with Crippen LogP contribution in [0.25, 0.3) is 0 Å². The first-order valence-electron chi connectivity index (χ1n) is 3.92. The molecule has 0 spiro atoms. The molecule has 0 aromatic heterocycles. The number of nitrogens with one attached hydrogen (secondary N) is 1. The third-order valence-electron chi connectivity index (χ3n) is 1.78. The summed E-state index contributed by atoms with van der Waals surface area (Å²) in [5.41, 5.74) is -0.105. The van der Waals surface area contributed by atoms with Gasteiger partial charge in [0, 0.05) is 5.56 Å². The molecular formula is C8H7F3N2O2S. The minimum absolute atomic E-state index is 0.154. The number of amidine groups is 1. The van der Waals surface area contributed by atoms with E-state index >= 15 is 0 Å². The maximum Gasteiger partial charge on any atom is 0.501 e. The number of nitrogens with two attached hydrogens (primary N) is 1. The first-order chi connectivity index (χ1) is 7.16. The van der Waals surface area contributed by atoms with E-state index in [0.717, 1.165) is 24.3 Å². The molecule has 0 saturated carbocycles. The first-order valence-corrected chi connectivity index (χ1v) is 5.40. The van der Waals surface area contributed by atoms with E-state index < -0.39 is 20.2 Å². The van der Waals surface area contributed by atoms with Crippen LogP contribution in [-0.4, -0.2) is 19.8 Å². The molecule has 0 aliphatic carbocycles. The normalized spacial score (nSPS) is 12.4. The number of hydrogen-bond donors (Lipinski definition) is 2. The van der Waals surface area contributed by atoms with Gasteiger partial charge in [0.2, 0.25) is 0 Å². The average molecular weight is 252 g/mol. The van der Waals surface area contributed by atoms with Gasteiger partial charge in [-0.1, -0.05) is 12.1 Å². The van der Waals surface area contributed by atoms with Crippen molar-refractivity contribution in [1.29, 1.82) is 5.41 Å². The van der Waals surface area contributed by atoms with E-state index in [0.29, 0.717) is 0 Å². The van der Waals surface area contributed by atoms with Crippen molar-refractivity contribution in [3.05, 3.63) is 29.8 Å². The van der Waals surface area contributed by atoms with Crippen molar-refractivity contribution in [2.45, 2.75) is 10.4 Å². The second-order valence-corrected chi connectivity index (χ2v) is 4.83. The minimum atomic E-state index is -5.33. The van der Waals surface area contributed by atoms with Crippen molar-refractivity contribution < 1.29 is 21.6 Å². The van der Waals surface area contributed by atoms with Crippen molar-refractivity contribution >= 4 is 15.7 Å². The van der Waals surface area contributed by atoms with E-state index in [4.69, 9.17) is 11.1 Å². The van der Waals surface area contributed by atoms with Gasteiger partial charge in [-0.05, 0) is 12.1 Å². The Labute approximate surface area is 89.3 Å². The van der Waals surface area contributed by atoms with Gasteiger partial charge < -0.3 is 5.73 Å². The summed E-state index contributed by atoms with van der Waals surface area (Å²) >= 11 is 0. The molecule has 0 aliphatic rings. The topological polar surface area (TPSA) is 84.0 Å². The molecule has 0 saturated heterocycles. The molecule has 3 N–H and O–H groups in total. The molecule has 88 valence electrons. The number of alkyl halides is 3. The maximum atomic E-state index is 12.1. The lowest BCUT2D eigenvalue weighted by Gasteiger charge is -2.08. The SMILES string of the molecule is N=C(N)c1ccc(S(=O)(=O)C(F)(F)F)cc1. The summed E-state index contributed by atoms with van der Waals surface area (Å²) in [4.78, 5) is -0.870. The summed E-state index contributed by atoms with van der Waals surface area (Å²) in [5, 5.41) is 6.99. The van der Waals surface area contributed by atoms with Crippen molar-refractivity contribution in [2.24, 2.45) is 5.73 Å². The molecule has 1 aromatic carbocycles. The third kappa shape index (κ3) is 2.16. The van der Waals surface area contributed by atoms with Gasteiger partial charge in [-0.15, -0.1) is 0 Å². The van der Waals surface area contributed by atoms with Gasteiger partial charge in [0.05, 0.1) is 4.90 Å². The Kier molecular flexibility index (Phi) is 2.95. The monoisotopic (exact) mass is 252 g/mol. The number of benzene rings is 1. The predicted molar refractivity (Wildman–Crippen MR) is 50.7 cm³/mol. The predicted octanol–water partition coefficient (Wildman–Crippen LogP) is 1.26. The summed E-state index contributed by atoms with van der Waals surface area (Å²) < 4.78 is 58.2. The number of nitrogen functional groups attached to an aromatic ring is 1. The van der Waals surface area contributed by atoms with E-state index in [-0.39, 0.29) is 11.4 Å². The molecule has 8 heteroatoms. The summed E-state index contributed by atoms with van der Waals surface area (Å²) in [6.07, 6.45) is 0. The molecule has 4 nitrogen and oxygen atoms in total. The van der Waals surface area contributed by atoms with Crippen LogP contribution in [0, 0.1) is 5.41 Å². The summed E-state index contributed by atoms with van der Waals surface area (Å²) in [6, 6.07) is 3.61. The molecule has 0 aliphatic heterocycles. The summed E-state index contributed by atoms with van der Waals surface area (Å²) in [7, 11) is -5.33. The highest BCUT2D eigenvalue weighted by atomic mass is 32.2. The van der Waals surface area contributed by atoms with Gasteiger partial charge in [0.1, 0.15) is 5.84 Å². The zero-order valence-corrected chi connectivity index (χ0v) is 8.56. The van der Waals surface area contributed by atoms with Crippen LogP contribution in [0.1, 0.15) is 5.56 Å². The van der Waals surface area contributed by atoms with Crippen LogP contribution >= 0.6 is 0 Å². The van der Waals surface area contributed by atoms with Crippen LogP contribution in [-0.2, 0) is 9.84 Å². The van der Waals surface area contributed by atoms with E-state index in [1.807, 2.05) is 0 Å². The molecule has 16 heavy (non-hydrogen) atoms. The van der Waals surface area contributed by atoms with Gasteiger partial charge in [0.25, 0.3) is 9.84 Å². The Morgan fingerprint density at radius 3 is 1.94 bits per heavy atom. The number of hydrogen-bond acceptors (Lipinski definition) is 3. The summed E-state index contributed by atoms with van der Waals surface area (Å²) in [5.74, 6) is -0.351. The van der Waals surface area contributed by atoms with Crippen molar-refractivity contribution in [2.75, 3.05) is 0 Å². The van der Waals surface area contributed by atoms with Crippen LogP contribution in [0.3, 0.4) is 0 Å². The Bertz CT molecular complexity index is 505. The number of halogens is 3. The Hall–Kier alpha value is -1.57. The lowest BCUT2D eigenvalue weighted by atomic mass is 10.2. The van der Waals surface area contributed by atoms with E-state index in [2.05, 4.69) is 0 Å². The van der Waals surface area contributed by atoms with E-state index in [1.165, 1.54) is 0 Å². The zero-order valence-electron chi connectivity index (χ0n) is 7.75. The molecular weight excluding hydrogens is 245 g/mol. The Balaban J connectivity index is 3.23. The molecule has 0 heterocycles. The van der Waals surface area contributed by atoms with Crippen LogP contribution in [0.5, 0.6) is 0 Å². The van der Waals surface area contributed by atoms with E-state index in [1.54, 1.807) is 0 Å². The van der Waals surface area contributed by atoms with E-state index in [9.17, 15) is 21.6 Å². The lowest BCUT2D eigenvalue weighted by Crippen LogP contribution is -2.23. The van der Waals surface area contributed by atoms with Crippen LogP contribution < -0.4 is 5.73 Å². The highest BCUT2D eigenvalue weighted by molar-refractivity contribution is 7.92. The molecule has 0 bridgehead atoms. The highest BCUT2D eigenvalue weighted by Gasteiger charge is 2.46. The highest BCUT2D eigenvalue weighted by Crippen LogP contribution is 2.30. The Morgan fingerprint density at radius 1 is 1.19 bits per heavy atom. The van der Waals surface area contributed by atoms with Crippen LogP contribution in [0.15, 0.2) is 29.2 Å². The van der Waals surface area contributed by atoms with Crippen LogP contribution in [0.2, 0.25) is 0 Å². The molecule has 0 fully saturated rings. The fourth-order valence-electron chi connectivity index (χ4n) is 0.947. The Morgan fingerprint density at radius 2 is 1.62 bits per heavy atom. The zero-order chi connectivity index (χ0) is 12.6. The second-order valence-electron chi connectivity index (χ2n) is 2.89. The van der Waals surface area contributed by atoms with Gasteiger partial charge in [-0.25, -0.2) is 8.42 Å².